The molecular weight excluding hydrogens is 188 g/mol. The predicted molar refractivity (Wildman–Crippen MR) is 63.6 cm³/mol. The molecule has 4 nitrogen and oxygen atoms in total. The van der Waals surface area contributed by atoms with Crippen molar-refractivity contribution in [2.75, 3.05) is 32.9 Å². The summed E-state index contributed by atoms with van der Waals surface area (Å²) in [7, 11) is 4.10. The van der Waals surface area contributed by atoms with Gasteiger partial charge in [0.25, 0.3) is 0 Å². The van der Waals surface area contributed by atoms with Crippen molar-refractivity contribution in [2.24, 2.45) is 0 Å². The minimum atomic E-state index is 0.249. The van der Waals surface area contributed by atoms with E-state index in [1.165, 1.54) is 0 Å². The quantitative estimate of drug-likeness (QED) is 0.754. The van der Waals surface area contributed by atoms with E-state index in [2.05, 4.69) is 36.2 Å². The summed E-state index contributed by atoms with van der Waals surface area (Å²) < 4.78 is 0. The SMILES string of the molecule is CCNC(CN(C)C)c1cccnc1N. The molecule has 1 heterocycles. The molecule has 3 N–H and O–H groups in total. The summed E-state index contributed by atoms with van der Waals surface area (Å²) in [5.74, 6) is 0.616. The number of hydrogen-bond acceptors (Lipinski definition) is 4. The van der Waals surface area contributed by atoms with E-state index in [-0.39, 0.29) is 6.04 Å². The van der Waals surface area contributed by atoms with Crippen LogP contribution in [0.2, 0.25) is 0 Å². The third kappa shape index (κ3) is 3.49. The van der Waals surface area contributed by atoms with E-state index in [4.69, 9.17) is 5.73 Å². The average molecular weight is 208 g/mol. The maximum atomic E-state index is 5.86. The Kier molecular flexibility index (Phi) is 4.52. The highest BCUT2D eigenvalue weighted by Crippen LogP contribution is 2.18. The number of nitrogens with two attached hydrogens (primary N) is 1. The second-order valence-electron chi connectivity index (χ2n) is 3.85. The van der Waals surface area contributed by atoms with Crippen LogP contribution in [-0.4, -0.2) is 37.1 Å². The van der Waals surface area contributed by atoms with E-state index >= 15 is 0 Å². The van der Waals surface area contributed by atoms with Crippen LogP contribution in [0.15, 0.2) is 18.3 Å². The summed E-state index contributed by atoms with van der Waals surface area (Å²) >= 11 is 0. The molecule has 0 aliphatic heterocycles. The van der Waals surface area contributed by atoms with Gasteiger partial charge in [-0.1, -0.05) is 13.0 Å². The van der Waals surface area contributed by atoms with E-state index in [1.807, 2.05) is 12.1 Å². The molecule has 1 atom stereocenters. The molecule has 0 aliphatic carbocycles. The van der Waals surface area contributed by atoms with Crippen molar-refractivity contribution in [1.82, 2.24) is 15.2 Å². The topological polar surface area (TPSA) is 54.2 Å². The lowest BCUT2D eigenvalue weighted by Gasteiger charge is -2.22. The highest BCUT2D eigenvalue weighted by atomic mass is 15.1. The number of rotatable bonds is 5. The molecule has 15 heavy (non-hydrogen) atoms. The van der Waals surface area contributed by atoms with E-state index < -0.39 is 0 Å². The Morgan fingerprint density at radius 1 is 1.53 bits per heavy atom. The summed E-state index contributed by atoms with van der Waals surface area (Å²) in [5.41, 5.74) is 6.93. The molecule has 0 aromatic carbocycles. The molecule has 4 heteroatoms. The minimum absolute atomic E-state index is 0.249. The Labute approximate surface area is 91.5 Å². The van der Waals surface area contributed by atoms with Gasteiger partial charge in [-0.3, -0.25) is 0 Å². The van der Waals surface area contributed by atoms with Gasteiger partial charge in [-0.2, -0.15) is 0 Å². The Morgan fingerprint density at radius 3 is 2.80 bits per heavy atom. The standard InChI is InChI=1S/C11H20N4/c1-4-13-10(8-15(2)3)9-6-5-7-14-11(9)12/h5-7,10,13H,4,8H2,1-3H3,(H2,12,14). The number of nitrogens with zero attached hydrogens (tertiary/aromatic N) is 2. The molecular formula is C11H20N4. The van der Waals surface area contributed by atoms with Crippen molar-refractivity contribution in [3.63, 3.8) is 0 Å². The first-order chi connectivity index (χ1) is 7.15. The first-order valence-electron chi connectivity index (χ1n) is 5.23. The lowest BCUT2D eigenvalue weighted by Crippen LogP contribution is -2.31. The van der Waals surface area contributed by atoms with Gasteiger partial charge < -0.3 is 16.0 Å². The summed E-state index contributed by atoms with van der Waals surface area (Å²) in [4.78, 5) is 6.25. The molecule has 1 unspecified atom stereocenters. The van der Waals surface area contributed by atoms with Gasteiger partial charge in [0.1, 0.15) is 5.82 Å². The molecule has 1 rings (SSSR count). The molecule has 0 saturated carbocycles. The van der Waals surface area contributed by atoms with E-state index in [9.17, 15) is 0 Å². The molecule has 1 aromatic heterocycles. The zero-order chi connectivity index (χ0) is 11.3. The number of nitrogens with one attached hydrogen (secondary N) is 1. The van der Waals surface area contributed by atoms with E-state index in [0.29, 0.717) is 5.82 Å². The third-order valence-corrected chi connectivity index (χ3v) is 2.24. The Morgan fingerprint density at radius 2 is 2.27 bits per heavy atom. The largest absolute Gasteiger partial charge is 0.383 e. The maximum absolute atomic E-state index is 5.86. The summed E-state index contributed by atoms with van der Waals surface area (Å²) in [5, 5.41) is 3.41. The average Bonchev–Trinajstić information content (AvgIpc) is 2.17. The molecule has 0 saturated heterocycles. The normalized spacial score (nSPS) is 13.1. The van der Waals surface area contributed by atoms with Crippen LogP contribution in [0.4, 0.5) is 5.82 Å². The molecule has 1 aromatic rings. The van der Waals surface area contributed by atoms with Crippen molar-refractivity contribution in [3.05, 3.63) is 23.9 Å². The lowest BCUT2D eigenvalue weighted by molar-refractivity contribution is 0.345. The number of hydrogen-bond donors (Lipinski definition) is 2. The van der Waals surface area contributed by atoms with Crippen LogP contribution in [0.1, 0.15) is 18.5 Å². The van der Waals surface area contributed by atoms with Crippen LogP contribution < -0.4 is 11.1 Å². The van der Waals surface area contributed by atoms with Crippen molar-refractivity contribution < 1.29 is 0 Å². The number of anilines is 1. The van der Waals surface area contributed by atoms with Gasteiger partial charge in [0.15, 0.2) is 0 Å². The summed E-state index contributed by atoms with van der Waals surface area (Å²) in [6.45, 7) is 3.94. The van der Waals surface area contributed by atoms with Crippen LogP contribution in [0, 0.1) is 0 Å². The van der Waals surface area contributed by atoms with Crippen LogP contribution in [0.25, 0.3) is 0 Å². The van der Waals surface area contributed by atoms with Crippen LogP contribution in [0.3, 0.4) is 0 Å². The fourth-order valence-electron chi connectivity index (χ4n) is 1.61. The maximum Gasteiger partial charge on any atom is 0.128 e. The monoisotopic (exact) mass is 208 g/mol. The van der Waals surface area contributed by atoms with Crippen molar-refractivity contribution in [2.45, 2.75) is 13.0 Å². The first-order valence-corrected chi connectivity index (χ1v) is 5.23. The number of aromatic nitrogens is 1. The van der Waals surface area contributed by atoms with Crippen LogP contribution in [-0.2, 0) is 0 Å². The third-order valence-electron chi connectivity index (χ3n) is 2.24. The Hall–Kier alpha value is -1.13. The highest BCUT2D eigenvalue weighted by Gasteiger charge is 2.14. The van der Waals surface area contributed by atoms with Crippen LogP contribution in [0.5, 0.6) is 0 Å². The predicted octanol–water partition coefficient (Wildman–Crippen LogP) is 0.876. The molecule has 84 valence electrons. The van der Waals surface area contributed by atoms with Gasteiger partial charge in [-0.05, 0) is 26.7 Å². The fraction of sp³-hybridized carbons (Fsp3) is 0.545. The zero-order valence-corrected chi connectivity index (χ0v) is 9.70. The van der Waals surface area contributed by atoms with Crippen molar-refractivity contribution in [1.29, 1.82) is 0 Å². The number of nitrogen functional groups attached to an aromatic ring is 1. The fourth-order valence-corrected chi connectivity index (χ4v) is 1.61. The zero-order valence-electron chi connectivity index (χ0n) is 9.70. The summed E-state index contributed by atoms with van der Waals surface area (Å²) in [6.07, 6.45) is 1.72. The second kappa shape index (κ2) is 5.68. The van der Waals surface area contributed by atoms with Gasteiger partial charge >= 0.3 is 0 Å². The van der Waals surface area contributed by atoms with Gasteiger partial charge in [-0.15, -0.1) is 0 Å². The number of likely N-dealkylation sites (N-methyl/N-ethyl adjacent to an activating group) is 2. The smallest absolute Gasteiger partial charge is 0.128 e. The van der Waals surface area contributed by atoms with Crippen molar-refractivity contribution in [3.8, 4) is 0 Å². The van der Waals surface area contributed by atoms with Crippen LogP contribution >= 0.6 is 0 Å². The number of pyridine rings is 1. The first kappa shape index (κ1) is 11.9. The van der Waals surface area contributed by atoms with E-state index in [0.717, 1.165) is 18.7 Å². The Balaban J connectivity index is 2.83. The van der Waals surface area contributed by atoms with Gasteiger partial charge in [-0.25, -0.2) is 4.98 Å². The minimum Gasteiger partial charge on any atom is -0.383 e. The van der Waals surface area contributed by atoms with Gasteiger partial charge in [0.05, 0.1) is 0 Å². The molecule has 0 radical (unpaired) electrons. The molecule has 0 amide bonds. The Bertz CT molecular complexity index is 298. The molecule has 0 aliphatic rings. The lowest BCUT2D eigenvalue weighted by atomic mass is 10.1. The van der Waals surface area contributed by atoms with Gasteiger partial charge in [0.2, 0.25) is 0 Å². The van der Waals surface area contributed by atoms with Crippen molar-refractivity contribution >= 4 is 5.82 Å². The second-order valence-corrected chi connectivity index (χ2v) is 3.85. The van der Waals surface area contributed by atoms with E-state index in [1.54, 1.807) is 6.20 Å². The summed E-state index contributed by atoms with van der Waals surface area (Å²) in [6, 6.07) is 4.20. The molecule has 0 spiro atoms. The van der Waals surface area contributed by atoms with Gasteiger partial charge in [0, 0.05) is 24.3 Å². The molecule has 0 fully saturated rings. The highest BCUT2D eigenvalue weighted by molar-refractivity contribution is 5.41. The molecule has 0 bridgehead atoms.